The van der Waals surface area contributed by atoms with Gasteiger partial charge in [0.25, 0.3) is 0 Å². The number of hydrogen-bond donors (Lipinski definition) is 0. The molecule has 0 aromatic heterocycles. The molecular formula is C22H20ClNO5. The van der Waals surface area contributed by atoms with E-state index >= 15 is 0 Å². The first-order valence-corrected chi connectivity index (χ1v) is 10.3. The number of imide groups is 1. The molecule has 0 radical (unpaired) electrons. The van der Waals surface area contributed by atoms with Crippen LogP contribution in [0.25, 0.3) is 0 Å². The Bertz CT molecular complexity index is 903. The number of amides is 2. The summed E-state index contributed by atoms with van der Waals surface area (Å²) in [4.78, 5) is 51.1. The van der Waals surface area contributed by atoms with Crippen LogP contribution in [0, 0.1) is 35.5 Å². The molecule has 1 heterocycles. The second-order valence-corrected chi connectivity index (χ2v) is 8.76. The molecule has 5 aliphatic rings. The number of nitrogens with zero attached hydrogens (tertiary/aromatic N) is 1. The summed E-state index contributed by atoms with van der Waals surface area (Å²) in [6, 6.07) is 6.31. The largest absolute Gasteiger partial charge is 0.457 e. The lowest BCUT2D eigenvalue weighted by Gasteiger charge is -2.37. The predicted molar refractivity (Wildman–Crippen MR) is 103 cm³/mol. The van der Waals surface area contributed by atoms with E-state index in [0.29, 0.717) is 22.4 Å². The number of benzene rings is 1. The first-order valence-electron chi connectivity index (χ1n) is 9.93. The van der Waals surface area contributed by atoms with Crippen LogP contribution in [0.3, 0.4) is 0 Å². The molecule has 7 heteroatoms. The number of likely N-dealkylation sites (tertiary alicyclic amines) is 1. The van der Waals surface area contributed by atoms with Crippen LogP contribution >= 0.6 is 11.6 Å². The summed E-state index contributed by atoms with van der Waals surface area (Å²) in [6.45, 7) is -0.377. The van der Waals surface area contributed by atoms with Gasteiger partial charge in [-0.2, -0.15) is 0 Å². The van der Waals surface area contributed by atoms with E-state index in [9.17, 15) is 19.2 Å². The van der Waals surface area contributed by atoms with Crippen LogP contribution in [0.4, 0.5) is 0 Å². The number of allylic oxidation sites excluding steroid dienone is 2. The lowest BCUT2D eigenvalue weighted by molar-refractivity contribution is -0.145. The Morgan fingerprint density at radius 2 is 1.59 bits per heavy atom. The molecule has 2 bridgehead atoms. The Morgan fingerprint density at radius 1 is 1.00 bits per heavy atom. The number of halogens is 1. The molecule has 2 saturated carbocycles. The molecule has 0 unspecified atom stereocenters. The summed E-state index contributed by atoms with van der Waals surface area (Å²) in [5.74, 6) is -0.348. The highest BCUT2D eigenvalue weighted by Crippen LogP contribution is 2.65. The van der Waals surface area contributed by atoms with E-state index in [-0.39, 0.29) is 60.8 Å². The quantitative estimate of drug-likeness (QED) is 0.310. The Hall–Kier alpha value is -2.47. The third-order valence-electron chi connectivity index (χ3n) is 6.82. The molecule has 1 aromatic rings. The van der Waals surface area contributed by atoms with Crippen molar-refractivity contribution in [3.63, 3.8) is 0 Å². The third-order valence-corrected chi connectivity index (χ3v) is 7.08. The van der Waals surface area contributed by atoms with Gasteiger partial charge >= 0.3 is 5.97 Å². The fourth-order valence-electron chi connectivity index (χ4n) is 5.38. The van der Waals surface area contributed by atoms with Gasteiger partial charge in [-0.1, -0.05) is 23.8 Å². The average Bonchev–Trinajstić information content (AvgIpc) is 3.50. The number of ketones is 1. The maximum atomic E-state index is 12.8. The average molecular weight is 414 g/mol. The van der Waals surface area contributed by atoms with Crippen LogP contribution in [-0.2, 0) is 19.1 Å². The fourth-order valence-corrected chi connectivity index (χ4v) is 5.51. The molecule has 6 nitrogen and oxygen atoms in total. The van der Waals surface area contributed by atoms with Crippen LogP contribution < -0.4 is 0 Å². The Balaban J connectivity index is 1.15. The second-order valence-electron chi connectivity index (χ2n) is 8.32. The van der Waals surface area contributed by atoms with E-state index in [4.69, 9.17) is 16.3 Å². The zero-order valence-corrected chi connectivity index (χ0v) is 16.4. The number of hydrogen-bond acceptors (Lipinski definition) is 5. The zero-order valence-electron chi connectivity index (χ0n) is 15.6. The molecule has 2 amide bonds. The van der Waals surface area contributed by atoms with E-state index < -0.39 is 5.97 Å². The molecule has 29 heavy (non-hydrogen) atoms. The monoisotopic (exact) mass is 413 g/mol. The molecule has 3 fully saturated rings. The lowest BCUT2D eigenvalue weighted by atomic mass is 9.63. The fraction of sp³-hybridized carbons (Fsp3) is 0.455. The topological polar surface area (TPSA) is 80.8 Å². The van der Waals surface area contributed by atoms with Gasteiger partial charge in [0.1, 0.15) is 0 Å². The smallest absolute Gasteiger partial charge is 0.308 e. The van der Waals surface area contributed by atoms with Gasteiger partial charge in [0.15, 0.2) is 12.4 Å². The summed E-state index contributed by atoms with van der Waals surface area (Å²) in [5, 5.41) is 0.514. The minimum atomic E-state index is -0.605. The maximum Gasteiger partial charge on any atom is 0.308 e. The summed E-state index contributed by atoms with van der Waals surface area (Å²) in [6.07, 6.45) is 5.24. The van der Waals surface area contributed by atoms with Crippen molar-refractivity contribution in [3.8, 4) is 0 Å². The number of esters is 1. The van der Waals surface area contributed by atoms with Crippen molar-refractivity contribution < 1.29 is 23.9 Å². The number of ether oxygens (including phenoxy) is 1. The van der Waals surface area contributed by atoms with Crippen molar-refractivity contribution in [2.75, 3.05) is 13.2 Å². The lowest BCUT2D eigenvalue weighted by Crippen LogP contribution is -2.40. The van der Waals surface area contributed by atoms with E-state index in [1.807, 2.05) is 0 Å². The molecule has 6 atom stereocenters. The maximum absolute atomic E-state index is 12.8. The summed E-state index contributed by atoms with van der Waals surface area (Å²) in [7, 11) is 0. The van der Waals surface area contributed by atoms with Crippen molar-refractivity contribution in [2.45, 2.75) is 12.8 Å². The van der Waals surface area contributed by atoms with E-state index in [1.165, 1.54) is 4.90 Å². The van der Waals surface area contributed by atoms with E-state index in [0.717, 1.165) is 6.42 Å². The first kappa shape index (κ1) is 18.6. The second kappa shape index (κ2) is 6.80. The molecule has 150 valence electrons. The molecule has 1 aliphatic heterocycles. The Morgan fingerprint density at radius 3 is 2.17 bits per heavy atom. The van der Waals surface area contributed by atoms with Gasteiger partial charge < -0.3 is 4.74 Å². The number of carbonyl (C=O) groups excluding carboxylic acids is 4. The summed E-state index contributed by atoms with van der Waals surface area (Å²) < 4.78 is 5.03. The number of carbonyl (C=O) groups is 4. The highest BCUT2D eigenvalue weighted by atomic mass is 35.5. The van der Waals surface area contributed by atoms with Gasteiger partial charge in [0.05, 0.1) is 18.3 Å². The number of rotatable bonds is 6. The van der Waals surface area contributed by atoms with Crippen molar-refractivity contribution >= 4 is 35.2 Å². The van der Waals surface area contributed by atoms with Gasteiger partial charge in [0, 0.05) is 17.1 Å². The van der Waals surface area contributed by atoms with Gasteiger partial charge in [-0.05, 0) is 54.4 Å². The van der Waals surface area contributed by atoms with Gasteiger partial charge in [-0.25, -0.2) is 0 Å². The Kier molecular flexibility index (Phi) is 4.35. The summed E-state index contributed by atoms with van der Waals surface area (Å²) >= 11 is 5.79. The molecular weight excluding hydrogens is 394 g/mol. The van der Waals surface area contributed by atoms with Crippen LogP contribution in [0.2, 0.25) is 5.02 Å². The van der Waals surface area contributed by atoms with Crippen LogP contribution in [0.1, 0.15) is 23.2 Å². The Labute approximate surface area is 172 Å². The highest BCUT2D eigenvalue weighted by Gasteiger charge is 2.66. The molecule has 1 saturated heterocycles. The van der Waals surface area contributed by atoms with Crippen molar-refractivity contribution in [1.29, 1.82) is 0 Å². The van der Waals surface area contributed by atoms with Gasteiger partial charge in [-0.15, -0.1) is 0 Å². The van der Waals surface area contributed by atoms with Crippen molar-refractivity contribution in [1.82, 2.24) is 4.90 Å². The molecule has 4 aliphatic carbocycles. The van der Waals surface area contributed by atoms with Gasteiger partial charge in [-0.3, -0.25) is 24.1 Å². The molecule has 0 N–H and O–H groups in total. The third kappa shape index (κ3) is 3.01. The summed E-state index contributed by atoms with van der Waals surface area (Å²) in [5.41, 5.74) is 0.401. The van der Waals surface area contributed by atoms with Crippen molar-refractivity contribution in [2.24, 2.45) is 35.5 Å². The zero-order chi connectivity index (χ0) is 20.3. The predicted octanol–water partition coefficient (Wildman–Crippen LogP) is 2.51. The van der Waals surface area contributed by atoms with E-state index in [2.05, 4.69) is 12.2 Å². The minimum absolute atomic E-state index is 0.00735. The normalized spacial score (nSPS) is 33.5. The van der Waals surface area contributed by atoms with Crippen LogP contribution in [0.15, 0.2) is 36.4 Å². The molecule has 6 rings (SSSR count). The van der Waals surface area contributed by atoms with Crippen LogP contribution in [-0.4, -0.2) is 41.6 Å². The molecule has 0 spiro atoms. The minimum Gasteiger partial charge on any atom is -0.457 e. The van der Waals surface area contributed by atoms with E-state index in [1.54, 1.807) is 24.3 Å². The van der Waals surface area contributed by atoms with Crippen LogP contribution in [0.5, 0.6) is 0 Å². The highest BCUT2D eigenvalue weighted by molar-refractivity contribution is 6.30. The molecule has 1 aromatic carbocycles. The van der Waals surface area contributed by atoms with Crippen molar-refractivity contribution in [3.05, 3.63) is 47.0 Å². The number of Topliss-reactive ketones (excluding diaryl/α,β-unsaturated/α-hetero) is 1. The SMILES string of the molecule is O=C(CCN1C(=O)[C@@H]2[C@H]3C=C[C@H]([C@H]4C[C@H]34)[C@@H]2C1=O)OCC(=O)c1ccc(Cl)cc1. The standard InChI is InChI=1S/C22H20ClNO5/c23-12-3-1-11(2-4-12)17(25)10-29-18(26)7-8-24-21(27)19-13-5-6-14(16-9-15(13)16)20(19)22(24)28/h1-6,13-16,19-20H,7-10H2/t13-,14+,15-,16-,19+,20-/m1/s1. The first-order chi connectivity index (χ1) is 14.0. The van der Waals surface area contributed by atoms with Gasteiger partial charge in [0.2, 0.25) is 11.8 Å².